The van der Waals surface area contributed by atoms with E-state index in [1.54, 1.807) is 6.92 Å². The van der Waals surface area contributed by atoms with Gasteiger partial charge in [0.05, 0.1) is 5.75 Å². The van der Waals surface area contributed by atoms with Gasteiger partial charge in [-0.2, -0.15) is 8.42 Å². The molecule has 0 aliphatic rings. The molecule has 0 spiro atoms. The van der Waals surface area contributed by atoms with Crippen molar-refractivity contribution >= 4 is 10.1 Å². The average Bonchev–Trinajstić information content (AvgIpc) is 1.63. The Morgan fingerprint density at radius 3 is 1.73 bits per heavy atom. The first-order chi connectivity index (χ1) is 4.47. The van der Waals surface area contributed by atoms with Crippen LogP contribution < -0.4 is 29.6 Å². The van der Waals surface area contributed by atoms with Crippen molar-refractivity contribution in [3.63, 3.8) is 0 Å². The molecule has 0 fully saturated rings. The maximum absolute atomic E-state index is 9.79. The van der Waals surface area contributed by atoms with Crippen molar-refractivity contribution in [3.05, 3.63) is 6.92 Å². The molecule has 0 saturated carbocycles. The predicted octanol–water partition coefficient (Wildman–Crippen LogP) is -2.90. The molecule has 0 rings (SSSR count). The maximum Gasteiger partial charge on any atom is 1.00 e. The number of aliphatic hydroxyl groups excluding tert-OH is 1. The zero-order valence-electron chi connectivity index (χ0n) is 6.95. The van der Waals surface area contributed by atoms with E-state index in [1.165, 1.54) is 0 Å². The van der Waals surface area contributed by atoms with Gasteiger partial charge in [0.25, 0.3) is 10.1 Å². The summed E-state index contributed by atoms with van der Waals surface area (Å²) in [6, 6.07) is 0. The minimum atomic E-state index is -3.67. The van der Waals surface area contributed by atoms with E-state index < -0.39 is 10.1 Å². The molecule has 2 N–H and O–H groups in total. The standard InChI is InChI=1S/C3H8O3S.C2H5O.Na/c1-2-3-7(4,5)6;1-2-3;/h2-3H2,1H3,(H,4,5,6);3H,1-2H2;/q;-1;+1. The van der Waals surface area contributed by atoms with Crippen LogP contribution in [0.1, 0.15) is 13.3 Å². The first-order valence-corrected chi connectivity index (χ1v) is 4.44. The Kier molecular flexibility index (Phi) is 17.6. The van der Waals surface area contributed by atoms with Gasteiger partial charge in [-0.1, -0.05) is 13.5 Å². The van der Waals surface area contributed by atoms with Crippen LogP contribution in [0.4, 0.5) is 0 Å². The fraction of sp³-hybridized carbons (Fsp3) is 0.800. The Balaban J connectivity index is -0.000000140. The van der Waals surface area contributed by atoms with Crippen LogP contribution in [0.15, 0.2) is 0 Å². The van der Waals surface area contributed by atoms with Crippen molar-refractivity contribution in [1.29, 1.82) is 0 Å². The summed E-state index contributed by atoms with van der Waals surface area (Å²) in [6.07, 6.45) is 0.471. The zero-order chi connectivity index (χ0) is 8.62. The summed E-state index contributed by atoms with van der Waals surface area (Å²) < 4.78 is 27.6. The minimum Gasteiger partial charge on any atom is -0.428 e. The van der Waals surface area contributed by atoms with Crippen LogP contribution in [0.25, 0.3) is 0 Å². The largest absolute Gasteiger partial charge is 1.00 e. The van der Waals surface area contributed by atoms with E-state index in [1.807, 2.05) is 0 Å². The molecule has 0 aliphatic heterocycles. The van der Waals surface area contributed by atoms with E-state index in [-0.39, 0.29) is 41.9 Å². The summed E-state index contributed by atoms with van der Waals surface area (Å²) in [5.41, 5.74) is 0. The third-order valence-corrected chi connectivity index (χ3v) is 1.39. The molecule has 0 aromatic rings. The van der Waals surface area contributed by atoms with Gasteiger partial charge in [0.15, 0.2) is 0 Å². The quantitative estimate of drug-likeness (QED) is 0.280. The van der Waals surface area contributed by atoms with Gasteiger partial charge in [0.2, 0.25) is 0 Å². The predicted molar refractivity (Wildman–Crippen MR) is 39.1 cm³/mol. The number of hydrogen-bond acceptors (Lipinski definition) is 3. The topological polar surface area (TPSA) is 74.6 Å². The van der Waals surface area contributed by atoms with Gasteiger partial charge >= 0.3 is 29.6 Å². The maximum atomic E-state index is 9.79. The van der Waals surface area contributed by atoms with Gasteiger partial charge in [-0.15, -0.1) is 0 Å². The van der Waals surface area contributed by atoms with Crippen molar-refractivity contribution in [1.82, 2.24) is 0 Å². The Morgan fingerprint density at radius 2 is 1.73 bits per heavy atom. The van der Waals surface area contributed by atoms with Crippen LogP contribution in [0.3, 0.4) is 0 Å². The second-order valence-electron chi connectivity index (χ2n) is 1.51. The Labute approximate surface area is 90.0 Å². The fourth-order valence-electron chi connectivity index (χ4n) is 0.258. The van der Waals surface area contributed by atoms with Crippen molar-refractivity contribution in [2.24, 2.45) is 0 Å². The van der Waals surface area contributed by atoms with Gasteiger partial charge in [0, 0.05) is 0 Å². The molecule has 0 radical (unpaired) electrons. The molecule has 0 unspecified atom stereocenters. The first-order valence-electron chi connectivity index (χ1n) is 2.83. The summed E-state index contributed by atoms with van der Waals surface area (Å²) >= 11 is 0. The van der Waals surface area contributed by atoms with Crippen molar-refractivity contribution in [2.75, 3.05) is 12.4 Å². The van der Waals surface area contributed by atoms with E-state index in [0.717, 1.165) is 0 Å². The minimum absolute atomic E-state index is 0. The summed E-state index contributed by atoms with van der Waals surface area (Å²) in [5.74, 6) is -0.132. The molecular formula is C5H13NaO4S. The summed E-state index contributed by atoms with van der Waals surface area (Å²) in [6.45, 7) is 4.73. The van der Waals surface area contributed by atoms with Crippen molar-refractivity contribution < 1.29 is 47.6 Å². The SMILES string of the molecule is CCCS(=O)(=O)O.[CH2-]CO.[Na+]. The second-order valence-corrected chi connectivity index (χ2v) is 3.08. The van der Waals surface area contributed by atoms with Crippen molar-refractivity contribution in [3.8, 4) is 0 Å². The summed E-state index contributed by atoms with van der Waals surface area (Å²) in [4.78, 5) is 0. The second kappa shape index (κ2) is 10.9. The molecule has 0 atom stereocenters. The third kappa shape index (κ3) is 36.1. The van der Waals surface area contributed by atoms with Gasteiger partial charge in [-0.05, 0) is 6.42 Å². The van der Waals surface area contributed by atoms with E-state index in [4.69, 9.17) is 9.66 Å². The van der Waals surface area contributed by atoms with Gasteiger partial charge in [0.1, 0.15) is 0 Å². The van der Waals surface area contributed by atoms with Crippen LogP contribution in [0, 0.1) is 6.92 Å². The van der Waals surface area contributed by atoms with Gasteiger partial charge < -0.3 is 12.0 Å². The Bertz CT molecular complexity index is 143. The Hall–Kier alpha value is 0.870. The number of hydrogen-bond donors (Lipinski definition) is 2. The van der Waals surface area contributed by atoms with Crippen LogP contribution in [-0.4, -0.2) is 30.4 Å². The molecular weight excluding hydrogens is 179 g/mol. The van der Waals surface area contributed by atoms with E-state index >= 15 is 0 Å². The molecule has 0 bridgehead atoms. The molecule has 0 aromatic heterocycles. The van der Waals surface area contributed by atoms with E-state index in [2.05, 4.69) is 6.92 Å². The van der Waals surface area contributed by atoms with E-state index in [9.17, 15) is 8.42 Å². The van der Waals surface area contributed by atoms with Crippen LogP contribution in [0.5, 0.6) is 0 Å². The van der Waals surface area contributed by atoms with Crippen LogP contribution in [0.2, 0.25) is 0 Å². The Morgan fingerprint density at radius 1 is 1.45 bits per heavy atom. The van der Waals surface area contributed by atoms with Gasteiger partial charge in [-0.25, -0.2) is 0 Å². The number of aliphatic hydroxyl groups is 1. The molecule has 0 saturated heterocycles. The summed E-state index contributed by atoms with van der Waals surface area (Å²) in [5, 5.41) is 7.46. The molecule has 0 heterocycles. The molecule has 0 aromatic carbocycles. The average molecular weight is 192 g/mol. The zero-order valence-corrected chi connectivity index (χ0v) is 9.76. The molecule has 11 heavy (non-hydrogen) atoms. The van der Waals surface area contributed by atoms with Gasteiger partial charge in [-0.3, -0.25) is 4.55 Å². The normalized spacial score (nSPS) is 9.09. The fourth-order valence-corrected chi connectivity index (χ4v) is 0.774. The van der Waals surface area contributed by atoms with Crippen LogP contribution >= 0.6 is 0 Å². The molecule has 0 amide bonds. The summed E-state index contributed by atoms with van der Waals surface area (Å²) in [7, 11) is -3.67. The molecule has 6 heteroatoms. The number of rotatable bonds is 2. The molecule has 64 valence electrons. The van der Waals surface area contributed by atoms with Crippen molar-refractivity contribution in [2.45, 2.75) is 13.3 Å². The first kappa shape index (κ1) is 17.8. The van der Waals surface area contributed by atoms with Crippen LogP contribution in [-0.2, 0) is 10.1 Å². The molecule has 0 aliphatic carbocycles. The monoisotopic (exact) mass is 192 g/mol. The molecule has 4 nitrogen and oxygen atoms in total. The third-order valence-electron chi connectivity index (χ3n) is 0.462. The van der Waals surface area contributed by atoms with E-state index in [0.29, 0.717) is 6.42 Å². The smallest absolute Gasteiger partial charge is 0.428 e.